The zero-order valence-corrected chi connectivity index (χ0v) is 12.8. The Morgan fingerprint density at radius 1 is 1.37 bits per heavy atom. The zero-order chi connectivity index (χ0) is 14.2. The van der Waals surface area contributed by atoms with E-state index < -0.39 is 0 Å². The van der Waals surface area contributed by atoms with Gasteiger partial charge in [-0.25, -0.2) is 9.97 Å². The van der Waals surface area contributed by atoms with Crippen LogP contribution in [0.3, 0.4) is 0 Å². The molecule has 19 heavy (non-hydrogen) atoms. The fourth-order valence-corrected chi connectivity index (χ4v) is 2.87. The minimum atomic E-state index is -0.251. The molecular formula is C14H19N3OS. The minimum Gasteiger partial charge on any atom is -0.297 e. The van der Waals surface area contributed by atoms with Crippen molar-refractivity contribution in [3.05, 3.63) is 22.8 Å². The van der Waals surface area contributed by atoms with Crippen molar-refractivity contribution in [1.82, 2.24) is 14.9 Å². The third-order valence-corrected chi connectivity index (χ3v) is 3.94. The van der Waals surface area contributed by atoms with E-state index >= 15 is 0 Å². The number of carbonyl (C=O) groups excluding carboxylic acids is 1. The van der Waals surface area contributed by atoms with Gasteiger partial charge in [0.25, 0.3) is 0 Å². The van der Waals surface area contributed by atoms with Crippen molar-refractivity contribution < 1.29 is 4.79 Å². The zero-order valence-electron chi connectivity index (χ0n) is 12.0. The molecule has 0 amide bonds. The Balaban J connectivity index is 2.47. The van der Waals surface area contributed by atoms with Crippen LogP contribution in [-0.4, -0.2) is 34.7 Å². The lowest BCUT2D eigenvalue weighted by atomic mass is 9.95. The number of fused-ring (bicyclic) bond motifs is 1. The molecule has 0 saturated heterocycles. The van der Waals surface area contributed by atoms with Gasteiger partial charge in [0.2, 0.25) is 0 Å². The Labute approximate surface area is 117 Å². The summed E-state index contributed by atoms with van der Waals surface area (Å²) in [4.78, 5) is 24.1. The normalized spacial score (nSPS) is 13.4. The van der Waals surface area contributed by atoms with Gasteiger partial charge in [-0.15, -0.1) is 0 Å². The second-order valence-corrected chi connectivity index (χ2v) is 6.43. The van der Waals surface area contributed by atoms with Crippen molar-refractivity contribution in [1.29, 1.82) is 0 Å². The van der Waals surface area contributed by atoms with Gasteiger partial charge in [-0.2, -0.15) is 0 Å². The number of hydrogen-bond donors (Lipinski definition) is 0. The standard InChI is InChI=1S/C14H19N3OS/c1-8(2)13(18)12(17(4)5)10-6-11-14(15-7-10)19-9(3)16-11/h6-8,12H,1-5H3. The fourth-order valence-electron chi connectivity index (χ4n) is 2.13. The quantitative estimate of drug-likeness (QED) is 0.862. The molecule has 2 heterocycles. The van der Waals surface area contributed by atoms with Crippen molar-refractivity contribution in [2.24, 2.45) is 5.92 Å². The Morgan fingerprint density at radius 3 is 2.63 bits per heavy atom. The fraction of sp³-hybridized carbons (Fsp3) is 0.500. The lowest BCUT2D eigenvalue weighted by molar-refractivity contribution is -0.126. The van der Waals surface area contributed by atoms with Gasteiger partial charge >= 0.3 is 0 Å². The van der Waals surface area contributed by atoms with Gasteiger partial charge in [0, 0.05) is 12.1 Å². The van der Waals surface area contributed by atoms with Gasteiger partial charge in [0.05, 0.1) is 11.0 Å². The summed E-state index contributed by atoms with van der Waals surface area (Å²) in [6.07, 6.45) is 1.80. The van der Waals surface area contributed by atoms with Gasteiger partial charge in [-0.1, -0.05) is 25.2 Å². The predicted octanol–water partition coefficient (Wildman–Crippen LogP) is 2.83. The number of ketones is 1. The van der Waals surface area contributed by atoms with Crippen LogP contribution in [0.4, 0.5) is 0 Å². The Morgan fingerprint density at radius 2 is 2.05 bits per heavy atom. The van der Waals surface area contributed by atoms with E-state index in [2.05, 4.69) is 9.97 Å². The Kier molecular flexibility index (Phi) is 3.96. The summed E-state index contributed by atoms with van der Waals surface area (Å²) in [5, 5.41) is 0.997. The molecule has 1 atom stereocenters. The van der Waals surface area contributed by atoms with E-state index in [1.807, 2.05) is 45.8 Å². The number of aromatic nitrogens is 2. The van der Waals surface area contributed by atoms with Crippen LogP contribution in [0, 0.1) is 12.8 Å². The van der Waals surface area contributed by atoms with Crippen LogP contribution in [0.15, 0.2) is 12.3 Å². The molecule has 2 rings (SSSR count). The third-order valence-electron chi connectivity index (χ3n) is 3.05. The summed E-state index contributed by atoms with van der Waals surface area (Å²) in [5.41, 5.74) is 1.80. The lowest BCUT2D eigenvalue weighted by Gasteiger charge is -2.24. The number of likely N-dealkylation sites (N-methyl/N-ethyl adjacent to an activating group) is 1. The minimum absolute atomic E-state index is 0.000247. The van der Waals surface area contributed by atoms with Crippen LogP contribution in [-0.2, 0) is 4.79 Å². The molecule has 0 saturated carbocycles. The maximum Gasteiger partial charge on any atom is 0.157 e. The molecule has 0 radical (unpaired) electrons. The molecule has 1 unspecified atom stereocenters. The van der Waals surface area contributed by atoms with Crippen LogP contribution in [0.2, 0.25) is 0 Å². The average Bonchev–Trinajstić information content (AvgIpc) is 2.67. The van der Waals surface area contributed by atoms with Crippen LogP contribution >= 0.6 is 11.3 Å². The average molecular weight is 277 g/mol. The topological polar surface area (TPSA) is 46.1 Å². The van der Waals surface area contributed by atoms with Crippen LogP contribution in [0.25, 0.3) is 10.3 Å². The Hall–Kier alpha value is -1.33. The second kappa shape index (κ2) is 5.35. The summed E-state index contributed by atoms with van der Waals surface area (Å²) < 4.78 is 0. The van der Waals surface area contributed by atoms with Gasteiger partial charge in [-0.3, -0.25) is 9.69 Å². The van der Waals surface area contributed by atoms with Gasteiger partial charge < -0.3 is 0 Å². The number of nitrogens with zero attached hydrogens (tertiary/aromatic N) is 3. The molecular weight excluding hydrogens is 258 g/mol. The van der Waals surface area contributed by atoms with E-state index in [4.69, 9.17) is 0 Å². The largest absolute Gasteiger partial charge is 0.297 e. The van der Waals surface area contributed by atoms with Crippen molar-refractivity contribution in [3.63, 3.8) is 0 Å². The summed E-state index contributed by atoms with van der Waals surface area (Å²) in [6.45, 7) is 5.82. The highest BCUT2D eigenvalue weighted by Crippen LogP contribution is 2.26. The van der Waals surface area contributed by atoms with Crippen molar-refractivity contribution >= 4 is 27.5 Å². The monoisotopic (exact) mass is 277 g/mol. The van der Waals surface area contributed by atoms with E-state index in [0.29, 0.717) is 0 Å². The first-order valence-electron chi connectivity index (χ1n) is 6.33. The van der Waals surface area contributed by atoms with Crippen LogP contribution < -0.4 is 0 Å². The first-order chi connectivity index (χ1) is 8.90. The highest BCUT2D eigenvalue weighted by Gasteiger charge is 2.25. The second-order valence-electron chi connectivity index (χ2n) is 5.25. The molecule has 0 aliphatic rings. The highest BCUT2D eigenvalue weighted by molar-refractivity contribution is 7.18. The van der Waals surface area contributed by atoms with Crippen molar-refractivity contribution in [2.75, 3.05) is 14.1 Å². The number of pyridine rings is 1. The maximum absolute atomic E-state index is 12.3. The molecule has 102 valence electrons. The molecule has 0 aliphatic heterocycles. The molecule has 5 heteroatoms. The van der Waals surface area contributed by atoms with E-state index in [1.54, 1.807) is 17.5 Å². The molecule has 2 aromatic rings. The molecule has 0 N–H and O–H groups in total. The van der Waals surface area contributed by atoms with Gasteiger partial charge in [0.1, 0.15) is 10.3 Å². The highest BCUT2D eigenvalue weighted by atomic mass is 32.1. The molecule has 0 aromatic carbocycles. The van der Waals surface area contributed by atoms with E-state index in [0.717, 1.165) is 20.9 Å². The molecule has 2 aromatic heterocycles. The summed E-state index contributed by atoms with van der Waals surface area (Å²) in [5.74, 6) is 0.207. The van der Waals surface area contributed by atoms with Gasteiger partial charge in [0.15, 0.2) is 5.78 Å². The number of rotatable bonds is 4. The molecule has 0 fully saturated rings. The molecule has 0 bridgehead atoms. The maximum atomic E-state index is 12.3. The van der Waals surface area contributed by atoms with E-state index in [9.17, 15) is 4.79 Å². The van der Waals surface area contributed by atoms with Crippen LogP contribution in [0.1, 0.15) is 30.5 Å². The number of Topliss-reactive ketones (excluding diaryl/α,β-unsaturated/α-hetero) is 1. The van der Waals surface area contributed by atoms with Crippen LogP contribution in [0.5, 0.6) is 0 Å². The lowest BCUT2D eigenvalue weighted by Crippen LogP contribution is -2.30. The molecule has 0 aliphatic carbocycles. The summed E-state index contributed by atoms with van der Waals surface area (Å²) >= 11 is 1.57. The molecule has 0 spiro atoms. The molecule has 4 nitrogen and oxygen atoms in total. The SMILES string of the molecule is Cc1nc2cc(C(C(=O)C(C)C)N(C)C)cnc2s1. The summed E-state index contributed by atoms with van der Waals surface area (Å²) in [7, 11) is 3.84. The number of aryl methyl sites for hydroxylation is 1. The Bertz CT molecular complexity index is 604. The summed E-state index contributed by atoms with van der Waals surface area (Å²) in [6, 6.07) is 1.73. The van der Waals surface area contributed by atoms with E-state index in [1.165, 1.54) is 0 Å². The number of hydrogen-bond acceptors (Lipinski definition) is 5. The van der Waals surface area contributed by atoms with E-state index in [-0.39, 0.29) is 17.7 Å². The van der Waals surface area contributed by atoms with Crippen molar-refractivity contribution in [2.45, 2.75) is 26.8 Å². The van der Waals surface area contributed by atoms with Gasteiger partial charge in [-0.05, 0) is 32.6 Å². The number of carbonyl (C=O) groups is 1. The van der Waals surface area contributed by atoms with Crippen molar-refractivity contribution in [3.8, 4) is 0 Å². The smallest absolute Gasteiger partial charge is 0.157 e. The first kappa shape index (κ1) is 14.1. The number of thiazole rings is 1. The predicted molar refractivity (Wildman–Crippen MR) is 78.4 cm³/mol. The third kappa shape index (κ3) is 2.82. The first-order valence-corrected chi connectivity index (χ1v) is 7.15.